The Bertz CT molecular complexity index is 1320. The van der Waals surface area contributed by atoms with Gasteiger partial charge in [-0.2, -0.15) is 0 Å². The SMILES string of the molecule is O=C(c1ccc(NCc2ccc(Cl)cc2)c([N+](=O)[O-])c1)N1C[C@H]2C[C@@H](C1)c1cccc(=O)n1C2. The van der Waals surface area contributed by atoms with Gasteiger partial charge in [-0.05, 0) is 48.2 Å². The number of nitrogens with one attached hydrogen (secondary N) is 1. The zero-order valence-electron chi connectivity index (χ0n) is 18.3. The van der Waals surface area contributed by atoms with Gasteiger partial charge in [-0.3, -0.25) is 19.7 Å². The van der Waals surface area contributed by atoms with Crippen LogP contribution in [-0.2, 0) is 13.1 Å². The van der Waals surface area contributed by atoms with Crippen molar-refractivity contribution in [3.63, 3.8) is 0 Å². The van der Waals surface area contributed by atoms with Crippen LogP contribution in [0.4, 0.5) is 11.4 Å². The molecule has 1 fully saturated rings. The van der Waals surface area contributed by atoms with E-state index in [9.17, 15) is 19.7 Å². The molecule has 5 rings (SSSR count). The number of nitro groups is 1. The third-order valence-electron chi connectivity index (χ3n) is 6.60. The number of aromatic nitrogens is 1. The van der Waals surface area contributed by atoms with E-state index in [0.29, 0.717) is 36.9 Å². The molecule has 1 N–H and O–H groups in total. The van der Waals surface area contributed by atoms with Gasteiger partial charge in [0.2, 0.25) is 0 Å². The lowest BCUT2D eigenvalue weighted by atomic mass is 9.83. The lowest BCUT2D eigenvalue weighted by Crippen LogP contribution is -2.49. The summed E-state index contributed by atoms with van der Waals surface area (Å²) in [5.74, 6) is 0.0417. The standard InChI is InChI=1S/C25H23ClN4O4/c26-20-7-4-16(5-8-20)12-27-21-9-6-18(11-23(21)30(33)34)25(32)28-13-17-10-19(15-28)22-2-1-3-24(31)29(22)14-17/h1-9,11,17,19,27H,10,12-15H2/t17-,19+/m1/s1. The van der Waals surface area contributed by atoms with Crippen LogP contribution in [0.15, 0.2) is 65.5 Å². The minimum atomic E-state index is -0.478. The zero-order chi connectivity index (χ0) is 23.8. The third kappa shape index (κ3) is 4.28. The van der Waals surface area contributed by atoms with Crippen LogP contribution in [-0.4, -0.2) is 33.4 Å². The molecule has 0 radical (unpaired) electrons. The van der Waals surface area contributed by atoms with Crippen molar-refractivity contribution >= 4 is 28.9 Å². The summed E-state index contributed by atoms with van der Waals surface area (Å²) in [4.78, 5) is 38.6. The molecule has 0 saturated carbocycles. The van der Waals surface area contributed by atoms with E-state index in [-0.39, 0.29) is 34.6 Å². The highest BCUT2D eigenvalue weighted by Gasteiger charge is 2.36. The van der Waals surface area contributed by atoms with Gasteiger partial charge >= 0.3 is 0 Å². The van der Waals surface area contributed by atoms with Crippen molar-refractivity contribution in [2.75, 3.05) is 18.4 Å². The second-order valence-corrected chi connectivity index (χ2v) is 9.31. The molecular formula is C25H23ClN4O4. The lowest BCUT2D eigenvalue weighted by Gasteiger charge is -2.42. The first-order chi connectivity index (χ1) is 16.4. The largest absolute Gasteiger partial charge is 0.375 e. The van der Waals surface area contributed by atoms with Crippen molar-refractivity contribution in [2.24, 2.45) is 5.92 Å². The van der Waals surface area contributed by atoms with Gasteiger partial charge in [0.25, 0.3) is 17.2 Å². The van der Waals surface area contributed by atoms with Gasteiger partial charge in [-0.1, -0.05) is 29.8 Å². The number of pyridine rings is 1. The van der Waals surface area contributed by atoms with Gasteiger partial charge in [0.1, 0.15) is 5.69 Å². The molecule has 9 heteroatoms. The van der Waals surface area contributed by atoms with Crippen LogP contribution in [0.1, 0.15) is 34.0 Å². The highest BCUT2D eigenvalue weighted by molar-refractivity contribution is 6.30. The average molecular weight is 479 g/mol. The topological polar surface area (TPSA) is 97.5 Å². The van der Waals surface area contributed by atoms with Crippen LogP contribution in [0.25, 0.3) is 0 Å². The van der Waals surface area contributed by atoms with Gasteiger partial charge in [0.15, 0.2) is 0 Å². The molecule has 2 bridgehead atoms. The Balaban J connectivity index is 1.35. The number of nitrogens with zero attached hydrogens (tertiary/aromatic N) is 3. The minimum absolute atomic E-state index is 0.00992. The van der Waals surface area contributed by atoms with Gasteiger partial charge in [0, 0.05) is 60.5 Å². The minimum Gasteiger partial charge on any atom is -0.375 e. The summed E-state index contributed by atoms with van der Waals surface area (Å²) in [7, 11) is 0. The molecule has 174 valence electrons. The molecule has 2 aliphatic heterocycles. The summed E-state index contributed by atoms with van der Waals surface area (Å²) in [6.07, 6.45) is 0.931. The van der Waals surface area contributed by atoms with E-state index in [1.54, 1.807) is 41.3 Å². The van der Waals surface area contributed by atoms with Gasteiger partial charge in [0.05, 0.1) is 4.92 Å². The number of likely N-dealkylation sites (tertiary alicyclic amines) is 1. The first kappa shape index (κ1) is 22.2. The fraction of sp³-hybridized carbons (Fsp3) is 0.280. The Labute approximate surface area is 200 Å². The van der Waals surface area contributed by atoms with Crippen LogP contribution in [0.3, 0.4) is 0 Å². The molecule has 0 spiro atoms. The second-order valence-electron chi connectivity index (χ2n) is 8.88. The number of nitro benzene ring substituents is 1. The third-order valence-corrected chi connectivity index (χ3v) is 6.86. The number of carbonyl (C=O) groups is 1. The number of piperidine rings is 1. The number of rotatable bonds is 5. The van der Waals surface area contributed by atoms with Crippen LogP contribution in [0, 0.1) is 16.0 Å². The molecule has 3 heterocycles. The summed E-state index contributed by atoms with van der Waals surface area (Å²) in [5, 5.41) is 15.5. The van der Waals surface area contributed by atoms with Crippen LogP contribution >= 0.6 is 11.6 Å². The maximum Gasteiger partial charge on any atom is 0.293 e. The molecule has 8 nitrogen and oxygen atoms in total. The molecule has 34 heavy (non-hydrogen) atoms. The summed E-state index contributed by atoms with van der Waals surface area (Å²) in [6, 6.07) is 17.0. The highest BCUT2D eigenvalue weighted by Crippen LogP contribution is 2.36. The zero-order valence-corrected chi connectivity index (χ0v) is 19.1. The molecule has 1 amide bonds. The van der Waals surface area contributed by atoms with E-state index in [2.05, 4.69) is 5.32 Å². The quantitative estimate of drug-likeness (QED) is 0.436. The smallest absolute Gasteiger partial charge is 0.293 e. The van der Waals surface area contributed by atoms with Crippen LogP contribution in [0.5, 0.6) is 0 Å². The molecule has 1 aromatic heterocycles. The molecule has 0 unspecified atom stereocenters. The monoisotopic (exact) mass is 478 g/mol. The van der Waals surface area contributed by atoms with Crippen molar-refractivity contribution in [1.29, 1.82) is 0 Å². The van der Waals surface area contributed by atoms with E-state index >= 15 is 0 Å². The fourth-order valence-electron chi connectivity index (χ4n) is 5.01. The number of benzene rings is 2. The Morgan fingerprint density at radius 2 is 1.88 bits per heavy atom. The number of hydrogen-bond acceptors (Lipinski definition) is 5. The Morgan fingerprint density at radius 1 is 1.09 bits per heavy atom. The Morgan fingerprint density at radius 3 is 2.65 bits per heavy atom. The molecule has 2 aromatic carbocycles. The van der Waals surface area contributed by atoms with Crippen molar-refractivity contribution in [3.05, 3.63) is 103 Å². The maximum absolute atomic E-state index is 13.3. The van der Waals surface area contributed by atoms with Crippen molar-refractivity contribution in [2.45, 2.75) is 25.4 Å². The average Bonchev–Trinajstić information content (AvgIpc) is 2.83. The highest BCUT2D eigenvalue weighted by atomic mass is 35.5. The molecular weight excluding hydrogens is 456 g/mol. The van der Waals surface area contributed by atoms with Crippen molar-refractivity contribution in [1.82, 2.24) is 9.47 Å². The van der Waals surface area contributed by atoms with E-state index in [1.807, 2.05) is 22.8 Å². The fourth-order valence-corrected chi connectivity index (χ4v) is 5.14. The van der Waals surface area contributed by atoms with Crippen molar-refractivity contribution in [3.8, 4) is 0 Å². The predicted octanol–water partition coefficient (Wildman–Crippen LogP) is 4.28. The molecule has 2 aliphatic rings. The number of amides is 1. The Kier molecular flexibility index (Phi) is 5.83. The van der Waals surface area contributed by atoms with Gasteiger partial charge in [-0.25, -0.2) is 0 Å². The maximum atomic E-state index is 13.3. The van der Waals surface area contributed by atoms with Crippen LogP contribution < -0.4 is 10.9 Å². The summed E-state index contributed by atoms with van der Waals surface area (Å²) in [5.41, 5.74) is 2.36. The number of halogens is 1. The summed E-state index contributed by atoms with van der Waals surface area (Å²) in [6.45, 7) is 1.99. The number of carbonyl (C=O) groups excluding carboxylic acids is 1. The van der Waals surface area contributed by atoms with Gasteiger partial charge in [-0.15, -0.1) is 0 Å². The molecule has 3 aromatic rings. The van der Waals surface area contributed by atoms with E-state index < -0.39 is 4.92 Å². The number of hydrogen-bond donors (Lipinski definition) is 1. The number of anilines is 1. The molecule has 2 atom stereocenters. The van der Waals surface area contributed by atoms with Gasteiger partial charge < -0.3 is 14.8 Å². The summed E-state index contributed by atoms with van der Waals surface area (Å²) >= 11 is 5.91. The summed E-state index contributed by atoms with van der Waals surface area (Å²) < 4.78 is 1.81. The first-order valence-electron chi connectivity index (χ1n) is 11.1. The van der Waals surface area contributed by atoms with E-state index in [1.165, 1.54) is 6.07 Å². The predicted molar refractivity (Wildman–Crippen MR) is 129 cm³/mol. The lowest BCUT2D eigenvalue weighted by molar-refractivity contribution is -0.384. The van der Waals surface area contributed by atoms with E-state index in [0.717, 1.165) is 17.7 Å². The van der Waals surface area contributed by atoms with Crippen molar-refractivity contribution < 1.29 is 9.72 Å². The normalized spacial score (nSPS) is 18.8. The van der Waals surface area contributed by atoms with E-state index in [4.69, 9.17) is 11.6 Å². The second kappa shape index (κ2) is 8.95. The number of fused-ring (bicyclic) bond motifs is 4. The Hall–Kier alpha value is -3.65. The molecule has 1 saturated heterocycles. The molecule has 0 aliphatic carbocycles. The first-order valence-corrected chi connectivity index (χ1v) is 11.5. The van der Waals surface area contributed by atoms with Crippen LogP contribution in [0.2, 0.25) is 5.02 Å².